The lowest BCUT2D eigenvalue weighted by Gasteiger charge is -2.37. The van der Waals surface area contributed by atoms with Crippen LogP contribution in [0.2, 0.25) is 0 Å². The van der Waals surface area contributed by atoms with Crippen LogP contribution in [-0.4, -0.2) is 61.7 Å². The monoisotopic (exact) mass is 309 g/mol. The Morgan fingerprint density at radius 1 is 1.32 bits per heavy atom. The van der Waals surface area contributed by atoms with Crippen molar-refractivity contribution in [3.63, 3.8) is 0 Å². The minimum Gasteiger partial charge on any atom is -0.497 e. The van der Waals surface area contributed by atoms with Crippen LogP contribution < -0.4 is 4.74 Å². The van der Waals surface area contributed by atoms with Crippen molar-refractivity contribution in [2.24, 2.45) is 0 Å². The van der Waals surface area contributed by atoms with Crippen molar-refractivity contribution < 1.29 is 19.3 Å². The van der Waals surface area contributed by atoms with Crippen LogP contribution in [0, 0.1) is 0 Å². The molecule has 5 heteroatoms. The van der Waals surface area contributed by atoms with Gasteiger partial charge in [0.25, 0.3) is 0 Å². The van der Waals surface area contributed by atoms with Crippen LogP contribution in [0.25, 0.3) is 0 Å². The zero-order chi connectivity index (χ0) is 15.9. The van der Waals surface area contributed by atoms with Crippen molar-refractivity contribution in [3.8, 4) is 5.75 Å². The first-order chi connectivity index (χ1) is 10.6. The van der Waals surface area contributed by atoms with Crippen LogP contribution in [0.1, 0.15) is 19.4 Å². The number of nitrogens with zero attached hydrogens (tertiary/aromatic N) is 1. The lowest BCUT2D eigenvalue weighted by molar-refractivity contribution is -0.0712. The van der Waals surface area contributed by atoms with E-state index in [0.29, 0.717) is 25.8 Å². The van der Waals surface area contributed by atoms with Crippen molar-refractivity contribution in [2.75, 3.05) is 33.4 Å². The summed E-state index contributed by atoms with van der Waals surface area (Å²) in [4.78, 5) is 2.26. The van der Waals surface area contributed by atoms with Gasteiger partial charge in [-0.1, -0.05) is 12.1 Å². The molecule has 124 valence electrons. The molecule has 1 fully saturated rings. The predicted molar refractivity (Wildman–Crippen MR) is 85.1 cm³/mol. The first-order valence-electron chi connectivity index (χ1n) is 7.83. The molecule has 0 unspecified atom stereocenters. The molecule has 1 saturated heterocycles. The van der Waals surface area contributed by atoms with E-state index < -0.39 is 6.10 Å². The fourth-order valence-electron chi connectivity index (χ4n) is 2.58. The second-order valence-corrected chi connectivity index (χ2v) is 5.96. The zero-order valence-corrected chi connectivity index (χ0v) is 13.7. The van der Waals surface area contributed by atoms with E-state index in [1.807, 2.05) is 24.3 Å². The fraction of sp³-hybridized carbons (Fsp3) is 0.647. The Morgan fingerprint density at radius 2 is 2.05 bits per heavy atom. The van der Waals surface area contributed by atoms with Crippen LogP contribution >= 0.6 is 0 Å². The number of ether oxygens (including phenoxy) is 3. The minimum absolute atomic E-state index is 0.226. The fourth-order valence-corrected chi connectivity index (χ4v) is 2.58. The molecule has 0 aromatic heterocycles. The molecule has 1 aliphatic rings. The lowest BCUT2D eigenvalue weighted by Crippen LogP contribution is -2.50. The molecule has 1 aromatic carbocycles. The number of methoxy groups -OCH3 is 1. The van der Waals surface area contributed by atoms with E-state index in [4.69, 9.17) is 14.2 Å². The number of rotatable bonds is 7. The summed E-state index contributed by atoms with van der Waals surface area (Å²) >= 11 is 0. The van der Waals surface area contributed by atoms with Gasteiger partial charge in [0.2, 0.25) is 0 Å². The van der Waals surface area contributed by atoms with Crippen LogP contribution in [-0.2, 0) is 16.1 Å². The molecule has 22 heavy (non-hydrogen) atoms. The van der Waals surface area contributed by atoms with Gasteiger partial charge in [-0.3, -0.25) is 4.90 Å². The third-order valence-electron chi connectivity index (χ3n) is 3.92. The molecule has 5 nitrogen and oxygen atoms in total. The SMILES string of the molecule is COc1ccc(COC[C@H](O)CN2C[C@@H](C)OC[C@H]2C)cc1. The van der Waals surface area contributed by atoms with Gasteiger partial charge < -0.3 is 19.3 Å². The summed E-state index contributed by atoms with van der Waals surface area (Å²) in [5, 5.41) is 10.1. The third-order valence-corrected chi connectivity index (χ3v) is 3.92. The molecular formula is C17H27NO4. The van der Waals surface area contributed by atoms with Gasteiger partial charge in [-0.2, -0.15) is 0 Å². The van der Waals surface area contributed by atoms with Crippen LogP contribution in [0.5, 0.6) is 5.75 Å². The molecule has 1 aliphatic heterocycles. The standard InChI is InChI=1S/C17H27NO4/c1-13-10-22-14(2)8-18(13)9-16(19)12-21-11-15-4-6-17(20-3)7-5-15/h4-7,13-14,16,19H,8-12H2,1-3H3/t13-,14-,16-/m1/s1. The molecule has 0 saturated carbocycles. The second-order valence-electron chi connectivity index (χ2n) is 5.96. The highest BCUT2D eigenvalue weighted by Gasteiger charge is 2.25. The zero-order valence-electron chi connectivity index (χ0n) is 13.7. The van der Waals surface area contributed by atoms with Crippen LogP contribution in [0.3, 0.4) is 0 Å². The molecule has 1 heterocycles. The summed E-state index contributed by atoms with van der Waals surface area (Å²) in [6.07, 6.45) is -0.255. The minimum atomic E-state index is -0.481. The van der Waals surface area contributed by atoms with E-state index in [1.54, 1.807) is 7.11 Å². The Hall–Kier alpha value is -1.14. The van der Waals surface area contributed by atoms with Crippen LogP contribution in [0.15, 0.2) is 24.3 Å². The van der Waals surface area contributed by atoms with E-state index >= 15 is 0 Å². The van der Waals surface area contributed by atoms with Gasteiger partial charge in [0, 0.05) is 19.1 Å². The molecule has 0 aliphatic carbocycles. The maximum atomic E-state index is 10.1. The van der Waals surface area contributed by atoms with Gasteiger partial charge in [0.1, 0.15) is 5.75 Å². The highest BCUT2D eigenvalue weighted by atomic mass is 16.5. The summed E-state index contributed by atoms with van der Waals surface area (Å²) in [6, 6.07) is 8.10. The molecule has 1 N–H and O–H groups in total. The van der Waals surface area contributed by atoms with E-state index in [9.17, 15) is 5.11 Å². The number of aliphatic hydroxyl groups excluding tert-OH is 1. The molecule has 2 rings (SSSR count). The maximum absolute atomic E-state index is 10.1. The first kappa shape index (κ1) is 17.2. The van der Waals surface area contributed by atoms with Gasteiger partial charge in [0.05, 0.1) is 39.1 Å². The molecule has 0 bridgehead atoms. The predicted octanol–water partition coefficient (Wildman–Crippen LogP) is 1.68. The number of morpholine rings is 1. The van der Waals surface area contributed by atoms with Crippen molar-refractivity contribution in [2.45, 2.75) is 38.7 Å². The molecular weight excluding hydrogens is 282 g/mol. The average Bonchev–Trinajstić information content (AvgIpc) is 2.51. The second kappa shape index (κ2) is 8.48. The third kappa shape index (κ3) is 5.25. The number of benzene rings is 1. The summed E-state index contributed by atoms with van der Waals surface area (Å²) in [6.45, 7) is 7.22. The molecule has 0 spiro atoms. The van der Waals surface area contributed by atoms with Gasteiger partial charge in [-0.25, -0.2) is 0 Å². The smallest absolute Gasteiger partial charge is 0.118 e. The molecule has 0 radical (unpaired) electrons. The van der Waals surface area contributed by atoms with Gasteiger partial charge in [-0.05, 0) is 31.5 Å². The number of hydrogen-bond donors (Lipinski definition) is 1. The Bertz CT molecular complexity index is 437. The van der Waals surface area contributed by atoms with E-state index in [0.717, 1.165) is 24.5 Å². The van der Waals surface area contributed by atoms with E-state index in [2.05, 4.69) is 18.7 Å². The van der Waals surface area contributed by atoms with Crippen LogP contribution in [0.4, 0.5) is 0 Å². The lowest BCUT2D eigenvalue weighted by atomic mass is 10.2. The Balaban J connectivity index is 1.69. The van der Waals surface area contributed by atoms with E-state index in [1.165, 1.54) is 0 Å². The molecule has 3 atom stereocenters. The molecule has 1 aromatic rings. The highest BCUT2D eigenvalue weighted by Crippen LogP contribution is 2.13. The summed E-state index contributed by atoms with van der Waals surface area (Å²) in [7, 11) is 1.65. The topological polar surface area (TPSA) is 51.2 Å². The largest absolute Gasteiger partial charge is 0.497 e. The Labute approximate surface area is 132 Å². The summed E-state index contributed by atoms with van der Waals surface area (Å²) in [5.74, 6) is 0.833. The number of β-amino-alcohol motifs (C(OH)–C–C–N with tert-alkyl or cyclic N) is 1. The van der Waals surface area contributed by atoms with Gasteiger partial charge >= 0.3 is 0 Å². The van der Waals surface area contributed by atoms with Gasteiger partial charge in [0.15, 0.2) is 0 Å². The number of hydrogen-bond acceptors (Lipinski definition) is 5. The normalized spacial score (nSPS) is 24.2. The van der Waals surface area contributed by atoms with Crippen molar-refractivity contribution in [1.82, 2.24) is 4.90 Å². The summed E-state index contributed by atoms with van der Waals surface area (Å²) < 4.78 is 16.3. The van der Waals surface area contributed by atoms with Crippen molar-refractivity contribution in [3.05, 3.63) is 29.8 Å². The number of aliphatic hydroxyl groups is 1. The first-order valence-corrected chi connectivity index (χ1v) is 7.83. The van der Waals surface area contributed by atoms with Gasteiger partial charge in [-0.15, -0.1) is 0 Å². The Morgan fingerprint density at radius 3 is 2.73 bits per heavy atom. The van der Waals surface area contributed by atoms with Crippen molar-refractivity contribution >= 4 is 0 Å². The summed E-state index contributed by atoms with van der Waals surface area (Å²) in [5.41, 5.74) is 1.07. The highest BCUT2D eigenvalue weighted by molar-refractivity contribution is 5.26. The Kier molecular flexibility index (Phi) is 6.64. The van der Waals surface area contributed by atoms with Crippen molar-refractivity contribution in [1.29, 1.82) is 0 Å². The maximum Gasteiger partial charge on any atom is 0.118 e. The molecule has 0 amide bonds. The quantitative estimate of drug-likeness (QED) is 0.830. The average molecular weight is 309 g/mol. The van der Waals surface area contributed by atoms with E-state index in [-0.39, 0.29) is 6.10 Å².